The summed E-state index contributed by atoms with van der Waals surface area (Å²) in [6, 6.07) is 0. The van der Waals surface area contributed by atoms with Gasteiger partial charge in [0.25, 0.3) is 0 Å². The molecule has 0 aliphatic heterocycles. The van der Waals surface area contributed by atoms with E-state index in [0.717, 1.165) is 0 Å². The van der Waals surface area contributed by atoms with Crippen LogP contribution in [0.3, 0.4) is 0 Å². The van der Waals surface area contributed by atoms with Crippen molar-refractivity contribution in [2.75, 3.05) is 0 Å². The number of hydrogen-bond acceptors (Lipinski definition) is 4. The second-order valence-electron chi connectivity index (χ2n) is 9.77. The third-order valence-electron chi connectivity index (χ3n) is 6.18. The van der Waals surface area contributed by atoms with Gasteiger partial charge in [0.1, 0.15) is 0 Å². The van der Waals surface area contributed by atoms with Gasteiger partial charge in [-0.3, -0.25) is 4.79 Å². The van der Waals surface area contributed by atoms with E-state index in [1.54, 1.807) is 13.8 Å². The van der Waals surface area contributed by atoms with Crippen LogP contribution in [0.1, 0.15) is 82.6 Å². The van der Waals surface area contributed by atoms with Crippen LogP contribution in [0.2, 0.25) is 16.6 Å². The number of esters is 1. The molecule has 28 heavy (non-hydrogen) atoms. The Hall–Kier alpha value is -0.883. The zero-order valence-electron chi connectivity index (χ0n) is 19.9. The maximum Gasteiger partial charge on any atom is 0.345 e. The molecule has 0 bridgehead atoms. The van der Waals surface area contributed by atoms with Gasteiger partial charge in [0.05, 0.1) is 12.5 Å². The highest BCUT2D eigenvalue weighted by Crippen LogP contribution is 2.44. The monoisotopic (exact) mass is 416 g/mol. The predicted molar refractivity (Wildman–Crippen MR) is 117 cm³/mol. The summed E-state index contributed by atoms with van der Waals surface area (Å²) >= 11 is 0. The quantitative estimate of drug-likeness (QED) is 0.317. The molecule has 0 spiro atoms. The Balaban J connectivity index is 5.72. The summed E-state index contributed by atoms with van der Waals surface area (Å²) in [6.45, 7) is 23.2. The van der Waals surface area contributed by atoms with E-state index >= 15 is 0 Å². The highest BCUT2D eigenvalue weighted by molar-refractivity contribution is 6.77. The molecular formula is C22H44O5Si. The standard InChI is InChI=1S/C22H44O5Si/c1-13(2)18(11)19(12-20(23)26-21(14(3)4)22(24)25)27-28(15(5)6,16(7)8)17(9)10/h13-19,21H,12H2,1-11H3,(H,24,25)/t18-,19+,21+/m1/s1. The second kappa shape index (κ2) is 11.3. The lowest BCUT2D eigenvalue weighted by Gasteiger charge is -2.46. The van der Waals surface area contributed by atoms with Gasteiger partial charge in [-0.1, -0.05) is 76.2 Å². The smallest absolute Gasteiger partial charge is 0.345 e. The first-order chi connectivity index (χ1) is 12.7. The maximum atomic E-state index is 12.6. The van der Waals surface area contributed by atoms with Gasteiger partial charge in [-0.2, -0.15) is 0 Å². The van der Waals surface area contributed by atoms with Crippen molar-refractivity contribution in [3.63, 3.8) is 0 Å². The first-order valence-corrected chi connectivity index (χ1v) is 12.9. The van der Waals surface area contributed by atoms with Crippen LogP contribution in [0, 0.1) is 17.8 Å². The van der Waals surface area contributed by atoms with E-state index in [9.17, 15) is 14.7 Å². The van der Waals surface area contributed by atoms with E-state index in [1.807, 2.05) is 0 Å². The van der Waals surface area contributed by atoms with Crippen molar-refractivity contribution >= 4 is 20.3 Å². The number of aliphatic carboxylic acids is 1. The zero-order valence-corrected chi connectivity index (χ0v) is 20.9. The van der Waals surface area contributed by atoms with E-state index in [4.69, 9.17) is 9.16 Å². The molecule has 0 rings (SSSR count). The van der Waals surface area contributed by atoms with E-state index in [-0.39, 0.29) is 24.4 Å². The molecule has 0 saturated heterocycles. The fourth-order valence-electron chi connectivity index (χ4n) is 4.26. The lowest BCUT2D eigenvalue weighted by atomic mass is 9.90. The number of rotatable bonds is 12. The Labute approximate surface area is 173 Å². The van der Waals surface area contributed by atoms with Crippen molar-refractivity contribution in [3.05, 3.63) is 0 Å². The molecule has 0 heterocycles. The largest absolute Gasteiger partial charge is 0.478 e. The normalized spacial score (nSPS) is 16.1. The van der Waals surface area contributed by atoms with Gasteiger partial charge < -0.3 is 14.3 Å². The summed E-state index contributed by atoms with van der Waals surface area (Å²) < 4.78 is 12.2. The van der Waals surface area contributed by atoms with Crippen molar-refractivity contribution in [2.45, 2.75) is 111 Å². The van der Waals surface area contributed by atoms with Crippen molar-refractivity contribution in [1.29, 1.82) is 0 Å². The molecule has 0 aromatic heterocycles. The molecule has 0 aliphatic rings. The topological polar surface area (TPSA) is 72.8 Å². The Morgan fingerprint density at radius 3 is 1.50 bits per heavy atom. The molecule has 0 aliphatic carbocycles. The lowest BCUT2D eigenvalue weighted by molar-refractivity contribution is -0.168. The summed E-state index contributed by atoms with van der Waals surface area (Å²) in [7, 11) is -2.17. The summed E-state index contributed by atoms with van der Waals surface area (Å²) in [6.07, 6.45) is -1.30. The molecule has 0 aromatic carbocycles. The first kappa shape index (κ1) is 27.1. The molecule has 0 aromatic rings. The third kappa shape index (κ3) is 6.87. The van der Waals surface area contributed by atoms with E-state index in [2.05, 4.69) is 62.3 Å². The highest BCUT2D eigenvalue weighted by atomic mass is 28.4. The average molecular weight is 417 g/mol. The van der Waals surface area contributed by atoms with Crippen LogP contribution in [0.25, 0.3) is 0 Å². The average Bonchev–Trinajstić information content (AvgIpc) is 2.53. The summed E-state index contributed by atoms with van der Waals surface area (Å²) in [5.74, 6) is -1.36. The van der Waals surface area contributed by atoms with Crippen LogP contribution in [0.5, 0.6) is 0 Å². The Morgan fingerprint density at radius 1 is 0.786 bits per heavy atom. The van der Waals surface area contributed by atoms with Crippen LogP contribution in [-0.2, 0) is 18.8 Å². The summed E-state index contributed by atoms with van der Waals surface area (Å²) in [5, 5.41) is 9.33. The number of ether oxygens (including phenoxy) is 1. The maximum absolute atomic E-state index is 12.6. The molecule has 1 N–H and O–H groups in total. The van der Waals surface area contributed by atoms with Crippen LogP contribution in [0.15, 0.2) is 0 Å². The van der Waals surface area contributed by atoms with Gasteiger partial charge in [-0.05, 0) is 28.5 Å². The molecule has 3 atom stereocenters. The minimum absolute atomic E-state index is 0.0940. The Bertz CT molecular complexity index is 477. The fourth-order valence-corrected chi connectivity index (χ4v) is 9.90. The molecule has 0 radical (unpaired) electrons. The molecule has 6 heteroatoms. The van der Waals surface area contributed by atoms with Gasteiger partial charge >= 0.3 is 11.9 Å². The number of carbonyl (C=O) groups is 2. The van der Waals surface area contributed by atoms with Crippen LogP contribution < -0.4 is 0 Å². The van der Waals surface area contributed by atoms with Gasteiger partial charge in [-0.15, -0.1) is 0 Å². The fraction of sp³-hybridized carbons (Fsp3) is 0.909. The zero-order chi connectivity index (χ0) is 22.4. The Morgan fingerprint density at radius 2 is 1.21 bits per heavy atom. The first-order valence-electron chi connectivity index (χ1n) is 10.8. The van der Waals surface area contributed by atoms with Crippen LogP contribution >= 0.6 is 0 Å². The van der Waals surface area contributed by atoms with E-state index in [0.29, 0.717) is 22.5 Å². The molecule has 0 fully saturated rings. The highest BCUT2D eigenvalue weighted by Gasteiger charge is 2.48. The number of carbonyl (C=O) groups excluding carboxylic acids is 1. The van der Waals surface area contributed by atoms with Gasteiger partial charge in [0.2, 0.25) is 14.4 Å². The van der Waals surface area contributed by atoms with Gasteiger partial charge in [0, 0.05) is 5.92 Å². The minimum Gasteiger partial charge on any atom is -0.478 e. The number of carboxylic acids is 1. The number of carboxylic acid groups (broad SMARTS) is 1. The van der Waals surface area contributed by atoms with E-state index < -0.39 is 26.4 Å². The molecule has 0 amide bonds. The minimum atomic E-state index is -2.17. The third-order valence-corrected chi connectivity index (χ3v) is 12.3. The van der Waals surface area contributed by atoms with Crippen molar-refractivity contribution < 1.29 is 23.9 Å². The van der Waals surface area contributed by atoms with Crippen molar-refractivity contribution in [3.8, 4) is 0 Å². The van der Waals surface area contributed by atoms with Crippen LogP contribution in [0.4, 0.5) is 0 Å². The van der Waals surface area contributed by atoms with Crippen LogP contribution in [-0.4, -0.2) is 37.6 Å². The molecule has 166 valence electrons. The van der Waals surface area contributed by atoms with Crippen molar-refractivity contribution in [2.24, 2.45) is 17.8 Å². The molecule has 0 saturated carbocycles. The second-order valence-corrected chi connectivity index (χ2v) is 15.2. The number of hydrogen-bond donors (Lipinski definition) is 1. The molecule has 0 unspecified atom stereocenters. The van der Waals surface area contributed by atoms with Gasteiger partial charge in [0.15, 0.2) is 0 Å². The SMILES string of the molecule is CC(C)[C@H](OC(=O)C[C@H](O[Si](C(C)C)(C(C)C)C(C)C)[C@H](C)C(C)C)C(=O)O. The summed E-state index contributed by atoms with van der Waals surface area (Å²) in [5.41, 5.74) is 1.23. The Kier molecular flexibility index (Phi) is 11.0. The summed E-state index contributed by atoms with van der Waals surface area (Å²) in [4.78, 5) is 24.0. The lowest BCUT2D eigenvalue weighted by Crippen LogP contribution is -2.52. The van der Waals surface area contributed by atoms with E-state index in [1.165, 1.54) is 0 Å². The molecular weight excluding hydrogens is 372 g/mol. The van der Waals surface area contributed by atoms with Crippen molar-refractivity contribution in [1.82, 2.24) is 0 Å². The molecule has 5 nitrogen and oxygen atoms in total. The predicted octanol–water partition coefficient (Wildman–Crippen LogP) is 5.88. The van der Waals surface area contributed by atoms with Gasteiger partial charge in [-0.25, -0.2) is 4.79 Å².